The van der Waals surface area contributed by atoms with Crippen molar-refractivity contribution in [2.24, 2.45) is 0 Å². The quantitative estimate of drug-likeness (QED) is 0.155. The second-order valence-corrected chi connectivity index (χ2v) is 20.6. The Kier molecular flexibility index (Phi) is 9.20. The Morgan fingerprint density at radius 1 is 0.276 bits per heavy atom. The Hall–Kier alpha value is -9.76. The second-order valence-electron chi connectivity index (χ2n) is 20.6. The lowest BCUT2D eigenvalue weighted by Gasteiger charge is -2.40. The first-order valence-electron chi connectivity index (χ1n) is 26.5. The third-order valence-electron chi connectivity index (χ3n) is 17.1. The Bertz CT molecular complexity index is 4380. The first-order valence-corrected chi connectivity index (χ1v) is 26.5. The Labute approximate surface area is 442 Å². The molecule has 0 bridgehead atoms. The Morgan fingerprint density at radius 2 is 0.737 bits per heavy atom. The molecule has 2 heteroatoms. The molecule has 1 spiro atoms. The number of anilines is 3. The van der Waals surface area contributed by atoms with Crippen LogP contribution in [-0.2, 0) is 10.8 Å². The molecule has 2 nitrogen and oxygen atoms in total. The topological polar surface area (TPSA) is 8.17 Å². The minimum atomic E-state index is -0.622. The minimum absolute atomic E-state index is 0.586. The molecule has 0 N–H and O–H groups in total. The van der Waals surface area contributed by atoms with Crippen LogP contribution in [0.1, 0.15) is 44.5 Å². The summed E-state index contributed by atoms with van der Waals surface area (Å²) < 4.78 is 2.56. The van der Waals surface area contributed by atoms with Gasteiger partial charge < -0.3 is 9.47 Å². The van der Waals surface area contributed by atoms with E-state index in [2.05, 4.69) is 301 Å². The molecule has 16 rings (SSSR count). The molecule has 3 aliphatic rings. The van der Waals surface area contributed by atoms with Crippen molar-refractivity contribution in [2.45, 2.75) is 10.8 Å². The van der Waals surface area contributed by atoms with Crippen molar-refractivity contribution in [1.29, 1.82) is 0 Å². The average Bonchev–Trinajstić information content (AvgIpc) is 4.19. The zero-order valence-corrected chi connectivity index (χ0v) is 41.6. The van der Waals surface area contributed by atoms with Crippen molar-refractivity contribution in [3.63, 3.8) is 0 Å². The van der Waals surface area contributed by atoms with Crippen LogP contribution in [0.3, 0.4) is 0 Å². The smallest absolute Gasteiger partial charge is 0.0755 e. The monoisotopic (exact) mass is 964 g/mol. The van der Waals surface area contributed by atoms with Gasteiger partial charge in [0.15, 0.2) is 0 Å². The molecule has 1 aliphatic heterocycles. The summed E-state index contributed by atoms with van der Waals surface area (Å²) in [4.78, 5) is 2.56. The van der Waals surface area contributed by atoms with Crippen molar-refractivity contribution in [3.8, 4) is 50.2 Å². The predicted molar refractivity (Wildman–Crippen MR) is 315 cm³/mol. The summed E-state index contributed by atoms with van der Waals surface area (Å²) in [7, 11) is 0. The summed E-state index contributed by atoms with van der Waals surface area (Å²) in [5, 5.41) is 2.54. The molecule has 13 aromatic rings. The van der Waals surface area contributed by atoms with Crippen LogP contribution in [-0.4, -0.2) is 4.57 Å². The minimum Gasteiger partial charge on any atom is -0.310 e. The molecule has 0 saturated heterocycles. The highest BCUT2D eigenvalue weighted by Gasteiger charge is 2.51. The maximum atomic E-state index is 2.56. The van der Waals surface area contributed by atoms with Gasteiger partial charge in [0.25, 0.3) is 0 Å². The molecule has 0 atom stereocenters. The lowest BCUT2D eigenvalue weighted by Crippen LogP contribution is -2.33. The van der Waals surface area contributed by atoms with Gasteiger partial charge in [0, 0.05) is 27.7 Å². The predicted octanol–water partition coefficient (Wildman–Crippen LogP) is 18.6. The van der Waals surface area contributed by atoms with E-state index < -0.39 is 10.8 Å². The van der Waals surface area contributed by atoms with Gasteiger partial charge in [0.2, 0.25) is 0 Å². The molecule has 0 fully saturated rings. The molecule has 12 aromatic carbocycles. The van der Waals surface area contributed by atoms with Crippen LogP contribution in [0, 0.1) is 0 Å². The van der Waals surface area contributed by atoms with Gasteiger partial charge in [-0.2, -0.15) is 0 Å². The number of hydrogen-bond acceptors (Lipinski definition) is 1. The van der Waals surface area contributed by atoms with Crippen molar-refractivity contribution < 1.29 is 0 Å². The van der Waals surface area contributed by atoms with Gasteiger partial charge in [0.05, 0.1) is 33.2 Å². The summed E-state index contributed by atoms with van der Waals surface area (Å²) in [6, 6.07) is 109. The zero-order chi connectivity index (χ0) is 50.0. The van der Waals surface area contributed by atoms with Gasteiger partial charge in [0.1, 0.15) is 0 Å². The van der Waals surface area contributed by atoms with E-state index in [4.69, 9.17) is 0 Å². The fraction of sp³-hybridized carbons (Fsp3) is 0.0270. The van der Waals surface area contributed by atoms with Crippen LogP contribution in [0.4, 0.5) is 17.1 Å². The number of fused-ring (bicyclic) bond motifs is 15. The molecular formula is C74H48N2. The van der Waals surface area contributed by atoms with Crippen LogP contribution in [0.2, 0.25) is 0 Å². The fourth-order valence-corrected chi connectivity index (χ4v) is 14.2. The van der Waals surface area contributed by atoms with E-state index in [-0.39, 0.29) is 0 Å². The average molecular weight is 965 g/mol. The number of para-hydroxylation sites is 3. The summed E-state index contributed by atoms with van der Waals surface area (Å²) in [5.74, 6) is 0. The second kappa shape index (κ2) is 16.4. The zero-order valence-electron chi connectivity index (χ0n) is 41.6. The van der Waals surface area contributed by atoms with Crippen LogP contribution in [0.5, 0.6) is 0 Å². The van der Waals surface area contributed by atoms with E-state index in [0.29, 0.717) is 0 Å². The highest BCUT2D eigenvalue weighted by Crippen LogP contribution is 2.63. The fourth-order valence-electron chi connectivity index (χ4n) is 14.2. The lowest BCUT2D eigenvalue weighted by atomic mass is 9.65. The van der Waals surface area contributed by atoms with Crippen molar-refractivity contribution in [2.75, 3.05) is 4.90 Å². The summed E-state index contributed by atoms with van der Waals surface area (Å²) in [6.45, 7) is 0. The van der Waals surface area contributed by atoms with Crippen molar-refractivity contribution >= 4 is 38.9 Å². The summed E-state index contributed by atoms with van der Waals surface area (Å²) >= 11 is 0. The van der Waals surface area contributed by atoms with Crippen molar-refractivity contribution in [1.82, 2.24) is 4.57 Å². The van der Waals surface area contributed by atoms with Crippen LogP contribution >= 0.6 is 0 Å². The highest BCUT2D eigenvalue weighted by atomic mass is 15.1. The van der Waals surface area contributed by atoms with Gasteiger partial charge in [-0.3, -0.25) is 0 Å². The standard InChI is InChI=1S/C74H48N2/c1-4-23-49(24-5-1)54-29-10-11-30-55(54)60-34-15-20-41-69(60)75(52-43-45-59-58-33-12-17-37-63(58)73(67(59)47-52,50-25-6-2-7-26-50)51-27-8-3-9-28-51)53-44-46-71-68(48-53)74(64-38-18-13-31-56(64)57-32-14-19-39-65(57)74)66-40-22-36-62-61-35-16-21-42-70(61)76(71)72(62)66/h1-48H. The van der Waals surface area contributed by atoms with E-state index in [0.717, 1.165) is 22.6 Å². The van der Waals surface area contributed by atoms with Gasteiger partial charge >= 0.3 is 0 Å². The number of benzene rings is 12. The van der Waals surface area contributed by atoms with E-state index in [9.17, 15) is 0 Å². The lowest BCUT2D eigenvalue weighted by molar-refractivity contribution is 0.748. The highest BCUT2D eigenvalue weighted by molar-refractivity contribution is 6.13. The van der Waals surface area contributed by atoms with Gasteiger partial charge in [-0.1, -0.05) is 249 Å². The number of hydrogen-bond donors (Lipinski definition) is 0. The third-order valence-corrected chi connectivity index (χ3v) is 17.1. The molecule has 2 heterocycles. The van der Waals surface area contributed by atoms with E-state index in [1.807, 2.05) is 0 Å². The third kappa shape index (κ3) is 5.70. The number of aromatic nitrogens is 1. The van der Waals surface area contributed by atoms with E-state index >= 15 is 0 Å². The molecule has 0 unspecified atom stereocenters. The molecule has 0 radical (unpaired) electrons. The SMILES string of the molecule is c1ccc(-c2ccccc2-c2ccccc2N(c2ccc3c(c2)C(c2ccccc2)(c2ccccc2)c2ccccc2-3)c2ccc3c(c2)C2(c4ccccc4-c4ccccc42)c2cccc4c5ccccc5n-3c24)cc1. The number of nitrogens with zero attached hydrogens (tertiary/aromatic N) is 2. The van der Waals surface area contributed by atoms with Crippen LogP contribution in [0.15, 0.2) is 291 Å². The molecule has 354 valence electrons. The first-order chi connectivity index (χ1) is 37.7. The maximum Gasteiger partial charge on any atom is 0.0755 e. The van der Waals surface area contributed by atoms with Crippen molar-refractivity contribution in [3.05, 3.63) is 336 Å². The molecule has 76 heavy (non-hydrogen) atoms. The summed E-state index contributed by atoms with van der Waals surface area (Å²) in [6.07, 6.45) is 0. The van der Waals surface area contributed by atoms with E-state index in [1.54, 1.807) is 0 Å². The number of rotatable bonds is 7. The molecule has 0 saturated carbocycles. The molecular weight excluding hydrogens is 917 g/mol. The first kappa shape index (κ1) is 42.7. The Morgan fingerprint density at radius 3 is 1.39 bits per heavy atom. The molecule has 2 aliphatic carbocycles. The van der Waals surface area contributed by atoms with Gasteiger partial charge in [-0.25, -0.2) is 0 Å². The van der Waals surface area contributed by atoms with Gasteiger partial charge in [-0.15, -0.1) is 0 Å². The van der Waals surface area contributed by atoms with Crippen LogP contribution < -0.4 is 4.90 Å². The normalized spacial score (nSPS) is 13.7. The molecule has 0 amide bonds. The maximum absolute atomic E-state index is 2.56. The van der Waals surface area contributed by atoms with Crippen LogP contribution in [0.25, 0.3) is 72.0 Å². The largest absolute Gasteiger partial charge is 0.310 e. The van der Waals surface area contributed by atoms with E-state index in [1.165, 1.54) is 111 Å². The Balaban J connectivity index is 1.03. The summed E-state index contributed by atoms with van der Waals surface area (Å²) in [5.41, 5.74) is 25.7. The molecule has 1 aromatic heterocycles. The van der Waals surface area contributed by atoms with Gasteiger partial charge in [-0.05, 0) is 126 Å².